The SMILES string of the molecule is COCCn1cc(C(=O)N(C)CCO)c(=O)c2c(N)cccc21. The maximum absolute atomic E-state index is 12.7. The van der Waals surface area contributed by atoms with Crippen LogP contribution in [0.2, 0.25) is 0 Å². The normalized spacial score (nSPS) is 10.9. The van der Waals surface area contributed by atoms with Crippen LogP contribution in [0.1, 0.15) is 10.4 Å². The first-order valence-corrected chi connectivity index (χ1v) is 7.28. The van der Waals surface area contributed by atoms with Gasteiger partial charge in [0, 0.05) is 39.1 Å². The van der Waals surface area contributed by atoms with Crippen LogP contribution in [-0.2, 0) is 11.3 Å². The maximum Gasteiger partial charge on any atom is 0.259 e. The number of nitrogens with two attached hydrogens (primary N) is 1. The lowest BCUT2D eigenvalue weighted by Gasteiger charge is -2.18. The smallest absolute Gasteiger partial charge is 0.259 e. The molecule has 124 valence electrons. The van der Waals surface area contributed by atoms with E-state index >= 15 is 0 Å². The summed E-state index contributed by atoms with van der Waals surface area (Å²) in [5.41, 5.74) is 6.57. The van der Waals surface area contributed by atoms with E-state index in [9.17, 15) is 9.59 Å². The summed E-state index contributed by atoms with van der Waals surface area (Å²) < 4.78 is 6.87. The predicted octanol–water partition coefficient (Wildman–Crippen LogP) is 0.294. The van der Waals surface area contributed by atoms with E-state index in [1.165, 1.54) is 18.1 Å². The molecule has 0 spiro atoms. The van der Waals surface area contributed by atoms with Crippen molar-refractivity contribution in [3.8, 4) is 0 Å². The zero-order chi connectivity index (χ0) is 17.0. The fourth-order valence-electron chi connectivity index (χ4n) is 2.45. The second kappa shape index (κ2) is 7.26. The molecule has 0 aliphatic rings. The average Bonchev–Trinajstić information content (AvgIpc) is 2.54. The Kier molecular flexibility index (Phi) is 5.36. The highest BCUT2D eigenvalue weighted by molar-refractivity contribution is 6.00. The zero-order valence-electron chi connectivity index (χ0n) is 13.3. The molecule has 0 aliphatic carbocycles. The Balaban J connectivity index is 2.66. The topological polar surface area (TPSA) is 97.8 Å². The van der Waals surface area contributed by atoms with E-state index in [2.05, 4.69) is 0 Å². The largest absolute Gasteiger partial charge is 0.398 e. The summed E-state index contributed by atoms with van der Waals surface area (Å²) in [6, 6.07) is 5.18. The van der Waals surface area contributed by atoms with Gasteiger partial charge in [-0.3, -0.25) is 9.59 Å². The molecule has 2 rings (SSSR count). The average molecular weight is 319 g/mol. The molecule has 7 heteroatoms. The highest BCUT2D eigenvalue weighted by Crippen LogP contribution is 2.19. The number of hydrogen-bond acceptors (Lipinski definition) is 5. The molecule has 1 aromatic carbocycles. The second-order valence-electron chi connectivity index (χ2n) is 5.25. The van der Waals surface area contributed by atoms with Crippen LogP contribution in [0.25, 0.3) is 10.9 Å². The minimum absolute atomic E-state index is 0.0300. The number of ether oxygens (including phenoxy) is 1. The number of aliphatic hydroxyl groups excluding tert-OH is 1. The lowest BCUT2D eigenvalue weighted by molar-refractivity contribution is 0.0765. The highest BCUT2D eigenvalue weighted by Gasteiger charge is 2.19. The van der Waals surface area contributed by atoms with Crippen LogP contribution in [0.4, 0.5) is 5.69 Å². The van der Waals surface area contributed by atoms with Gasteiger partial charge >= 0.3 is 0 Å². The minimum atomic E-state index is -0.444. The molecule has 1 heterocycles. The van der Waals surface area contributed by atoms with Crippen LogP contribution in [0.15, 0.2) is 29.2 Å². The Morgan fingerprint density at radius 2 is 2.17 bits per heavy atom. The highest BCUT2D eigenvalue weighted by atomic mass is 16.5. The molecule has 7 nitrogen and oxygen atoms in total. The van der Waals surface area contributed by atoms with Crippen molar-refractivity contribution >= 4 is 22.5 Å². The van der Waals surface area contributed by atoms with Gasteiger partial charge in [0.15, 0.2) is 0 Å². The minimum Gasteiger partial charge on any atom is -0.398 e. The number of amides is 1. The van der Waals surface area contributed by atoms with Gasteiger partial charge in [0.2, 0.25) is 5.43 Å². The van der Waals surface area contributed by atoms with Crippen LogP contribution in [0, 0.1) is 0 Å². The fourth-order valence-corrected chi connectivity index (χ4v) is 2.45. The van der Waals surface area contributed by atoms with Gasteiger partial charge in [-0.15, -0.1) is 0 Å². The standard InChI is InChI=1S/C16H21N3O4/c1-18(6-8-20)16(22)11-10-19(7-9-23-2)13-5-3-4-12(17)14(13)15(11)21/h3-5,10,20H,6-9,17H2,1-2H3. The van der Waals surface area contributed by atoms with Gasteiger partial charge in [0.1, 0.15) is 5.56 Å². The number of likely N-dealkylation sites (N-methyl/N-ethyl adjacent to an activating group) is 1. The third kappa shape index (κ3) is 3.35. The van der Waals surface area contributed by atoms with Crippen molar-refractivity contribution in [1.29, 1.82) is 0 Å². The lowest BCUT2D eigenvalue weighted by Crippen LogP contribution is -2.34. The van der Waals surface area contributed by atoms with Crippen molar-refractivity contribution in [3.05, 3.63) is 40.2 Å². The number of nitrogens with zero attached hydrogens (tertiary/aromatic N) is 2. The number of nitrogen functional groups attached to an aromatic ring is 1. The van der Waals surface area contributed by atoms with Crippen molar-refractivity contribution in [2.45, 2.75) is 6.54 Å². The predicted molar refractivity (Wildman–Crippen MR) is 88.5 cm³/mol. The Morgan fingerprint density at radius 3 is 2.83 bits per heavy atom. The number of fused-ring (bicyclic) bond motifs is 1. The van der Waals surface area contributed by atoms with Crippen molar-refractivity contribution in [1.82, 2.24) is 9.47 Å². The Hall–Kier alpha value is -2.38. The van der Waals surface area contributed by atoms with Gasteiger partial charge in [-0.05, 0) is 12.1 Å². The van der Waals surface area contributed by atoms with Crippen molar-refractivity contribution in [3.63, 3.8) is 0 Å². The van der Waals surface area contributed by atoms with Crippen molar-refractivity contribution < 1.29 is 14.6 Å². The third-order valence-corrected chi connectivity index (χ3v) is 3.69. The number of aromatic nitrogens is 1. The molecule has 23 heavy (non-hydrogen) atoms. The molecule has 1 amide bonds. The molecule has 0 saturated carbocycles. The van der Waals surface area contributed by atoms with Crippen LogP contribution in [0.3, 0.4) is 0 Å². The summed E-state index contributed by atoms with van der Waals surface area (Å²) in [6.07, 6.45) is 1.53. The molecule has 2 aromatic rings. The number of anilines is 1. The third-order valence-electron chi connectivity index (χ3n) is 3.69. The number of aliphatic hydroxyl groups is 1. The number of carbonyl (C=O) groups is 1. The Labute approximate surface area is 133 Å². The number of benzene rings is 1. The van der Waals surface area contributed by atoms with Crippen LogP contribution in [-0.4, -0.2) is 54.4 Å². The molecular formula is C16H21N3O4. The summed E-state index contributed by atoms with van der Waals surface area (Å²) >= 11 is 0. The molecule has 0 fully saturated rings. The molecular weight excluding hydrogens is 298 g/mol. The zero-order valence-corrected chi connectivity index (χ0v) is 13.3. The van der Waals surface area contributed by atoms with Gasteiger partial charge in [0.25, 0.3) is 5.91 Å². The monoisotopic (exact) mass is 319 g/mol. The molecule has 3 N–H and O–H groups in total. The van der Waals surface area contributed by atoms with Gasteiger partial charge in [-0.1, -0.05) is 6.07 Å². The number of carbonyl (C=O) groups excluding carboxylic acids is 1. The summed E-state index contributed by atoms with van der Waals surface area (Å²) in [4.78, 5) is 26.5. The van der Waals surface area contributed by atoms with E-state index in [1.54, 1.807) is 29.9 Å². The van der Waals surface area contributed by atoms with E-state index < -0.39 is 11.3 Å². The van der Waals surface area contributed by atoms with Gasteiger partial charge < -0.3 is 25.0 Å². The van der Waals surface area contributed by atoms with E-state index in [1.807, 2.05) is 0 Å². The van der Waals surface area contributed by atoms with Crippen molar-refractivity contribution in [2.24, 2.45) is 0 Å². The molecule has 1 aromatic heterocycles. The second-order valence-corrected chi connectivity index (χ2v) is 5.25. The number of methoxy groups -OCH3 is 1. The molecule has 0 saturated heterocycles. The Morgan fingerprint density at radius 1 is 1.43 bits per heavy atom. The molecule has 0 atom stereocenters. The van der Waals surface area contributed by atoms with E-state index in [0.717, 1.165) is 0 Å². The van der Waals surface area contributed by atoms with Gasteiger partial charge in [-0.2, -0.15) is 0 Å². The Bertz CT molecular complexity index is 770. The fraction of sp³-hybridized carbons (Fsp3) is 0.375. The summed E-state index contributed by atoms with van der Waals surface area (Å²) in [6.45, 7) is 0.905. The van der Waals surface area contributed by atoms with Gasteiger partial charge in [-0.25, -0.2) is 0 Å². The lowest BCUT2D eigenvalue weighted by atomic mass is 10.1. The molecule has 0 unspecified atom stereocenters. The van der Waals surface area contributed by atoms with E-state index in [0.29, 0.717) is 29.7 Å². The quantitative estimate of drug-likeness (QED) is 0.746. The van der Waals surface area contributed by atoms with E-state index in [-0.39, 0.29) is 18.7 Å². The van der Waals surface area contributed by atoms with Gasteiger partial charge in [0.05, 0.1) is 24.1 Å². The van der Waals surface area contributed by atoms with Crippen LogP contribution >= 0.6 is 0 Å². The first kappa shape index (κ1) is 17.0. The number of rotatable bonds is 6. The summed E-state index contributed by atoms with van der Waals surface area (Å²) in [5.74, 6) is -0.444. The first-order valence-electron chi connectivity index (χ1n) is 7.28. The van der Waals surface area contributed by atoms with E-state index in [4.69, 9.17) is 15.6 Å². The molecule has 0 radical (unpaired) electrons. The van der Waals surface area contributed by atoms with Crippen molar-refractivity contribution in [2.75, 3.05) is 39.6 Å². The van der Waals surface area contributed by atoms with Crippen LogP contribution < -0.4 is 11.2 Å². The molecule has 0 aliphatic heterocycles. The van der Waals surface area contributed by atoms with Crippen LogP contribution in [0.5, 0.6) is 0 Å². The summed E-state index contributed by atoms with van der Waals surface area (Å²) in [7, 11) is 3.12. The summed E-state index contributed by atoms with van der Waals surface area (Å²) in [5, 5.41) is 9.30. The molecule has 0 bridgehead atoms. The number of hydrogen-bond donors (Lipinski definition) is 2. The number of pyridine rings is 1. The maximum atomic E-state index is 12.7. The first-order chi connectivity index (χ1) is 11.0.